The predicted molar refractivity (Wildman–Crippen MR) is 81.7 cm³/mol. The van der Waals surface area contributed by atoms with Gasteiger partial charge in [-0.05, 0) is 25.2 Å². The van der Waals surface area contributed by atoms with Crippen molar-refractivity contribution < 1.29 is 29.4 Å². The minimum absolute atomic E-state index is 0.0414. The number of Topliss-reactive ketones (excluding diaryl/α,β-unsaturated/α-hetero) is 1. The minimum atomic E-state index is -1.45. The predicted octanol–water partition coefficient (Wildman–Crippen LogP) is 1.37. The second-order valence-electron chi connectivity index (χ2n) is 5.75. The van der Waals surface area contributed by atoms with Crippen molar-refractivity contribution in [3.63, 3.8) is 0 Å². The maximum absolute atomic E-state index is 12.0. The van der Waals surface area contributed by atoms with Gasteiger partial charge < -0.3 is 15.5 Å². The molecule has 23 heavy (non-hydrogen) atoms. The minimum Gasteiger partial charge on any atom is -0.481 e. The Balaban J connectivity index is 2.60. The summed E-state index contributed by atoms with van der Waals surface area (Å²) >= 11 is 0. The fourth-order valence-corrected chi connectivity index (χ4v) is 2.82. The highest BCUT2D eigenvalue weighted by molar-refractivity contribution is 5.88. The van der Waals surface area contributed by atoms with Crippen molar-refractivity contribution in [2.75, 3.05) is 0 Å². The van der Waals surface area contributed by atoms with Gasteiger partial charge in [0.15, 0.2) is 0 Å². The summed E-state index contributed by atoms with van der Waals surface area (Å²) in [4.78, 5) is 45.5. The van der Waals surface area contributed by atoms with E-state index in [-0.39, 0.29) is 24.0 Å². The number of allylic oxidation sites excluding steroid dienone is 2. The second-order valence-corrected chi connectivity index (χ2v) is 5.75. The van der Waals surface area contributed by atoms with Crippen molar-refractivity contribution in [3.05, 3.63) is 12.2 Å². The lowest BCUT2D eigenvalue weighted by atomic mass is 9.89. The topological polar surface area (TPSA) is 121 Å². The molecule has 3 N–H and O–H groups in total. The molecule has 1 amide bonds. The van der Waals surface area contributed by atoms with Crippen LogP contribution in [-0.2, 0) is 19.2 Å². The fraction of sp³-hybridized carbons (Fsp3) is 0.625. The number of carbonyl (C=O) groups is 4. The molecule has 1 aliphatic rings. The molecule has 0 aromatic carbocycles. The lowest BCUT2D eigenvalue weighted by Crippen LogP contribution is -2.43. The highest BCUT2D eigenvalue weighted by atomic mass is 16.4. The quantitative estimate of drug-likeness (QED) is 0.551. The number of aliphatic carboxylic acids is 2. The van der Waals surface area contributed by atoms with Crippen LogP contribution in [-0.4, -0.2) is 39.9 Å². The summed E-state index contributed by atoms with van der Waals surface area (Å²) in [6.07, 6.45) is 5.77. The summed E-state index contributed by atoms with van der Waals surface area (Å²) in [5.41, 5.74) is 0. The first-order valence-corrected chi connectivity index (χ1v) is 7.76. The summed E-state index contributed by atoms with van der Waals surface area (Å²) < 4.78 is 0. The Kier molecular flexibility index (Phi) is 7.44. The van der Waals surface area contributed by atoms with Crippen LogP contribution in [0.1, 0.15) is 45.4 Å². The molecule has 0 radical (unpaired) electrons. The van der Waals surface area contributed by atoms with Crippen molar-refractivity contribution in [2.45, 2.75) is 51.5 Å². The van der Waals surface area contributed by atoms with Gasteiger partial charge in [0, 0.05) is 18.8 Å². The Morgan fingerprint density at radius 1 is 1.30 bits per heavy atom. The number of ketones is 1. The number of carbonyl (C=O) groups excluding carboxylic acids is 2. The molecule has 0 heterocycles. The zero-order chi connectivity index (χ0) is 17.4. The molecule has 3 atom stereocenters. The van der Waals surface area contributed by atoms with Crippen LogP contribution in [0.4, 0.5) is 0 Å². The molecule has 1 aliphatic carbocycles. The van der Waals surface area contributed by atoms with Gasteiger partial charge in [-0.1, -0.05) is 19.1 Å². The van der Waals surface area contributed by atoms with E-state index in [0.717, 1.165) is 6.42 Å². The number of carboxylic acids is 2. The van der Waals surface area contributed by atoms with E-state index >= 15 is 0 Å². The highest BCUT2D eigenvalue weighted by Gasteiger charge is 2.35. The Morgan fingerprint density at radius 3 is 2.57 bits per heavy atom. The first-order chi connectivity index (χ1) is 10.8. The first-order valence-electron chi connectivity index (χ1n) is 7.76. The molecule has 0 aromatic heterocycles. The van der Waals surface area contributed by atoms with E-state index in [4.69, 9.17) is 10.2 Å². The molecule has 1 fully saturated rings. The van der Waals surface area contributed by atoms with E-state index in [9.17, 15) is 19.2 Å². The molecule has 1 rings (SSSR count). The summed E-state index contributed by atoms with van der Waals surface area (Å²) in [6, 6.07) is -1.45. The van der Waals surface area contributed by atoms with Crippen LogP contribution in [0.15, 0.2) is 12.2 Å². The molecular weight excluding hydrogens is 302 g/mol. The van der Waals surface area contributed by atoms with Crippen molar-refractivity contribution in [3.8, 4) is 0 Å². The normalized spacial score (nSPS) is 22.2. The number of hydrogen-bond donors (Lipinski definition) is 3. The lowest BCUT2D eigenvalue weighted by Gasteiger charge is -2.18. The van der Waals surface area contributed by atoms with Gasteiger partial charge in [-0.3, -0.25) is 14.4 Å². The fourth-order valence-electron chi connectivity index (χ4n) is 2.82. The van der Waals surface area contributed by atoms with Gasteiger partial charge in [-0.25, -0.2) is 4.79 Å². The standard InChI is InChI=1S/C16H23NO6/c1-2-3-4-5-11-10(6-7-13(11)18)8-14(19)17-12(16(22)23)9-15(20)21/h3-4,10-12H,2,5-9H2,1H3,(H,17,19)(H,20,21)(H,22,23)/b4-3-/t10-,11-,12-/m0/s1. The number of nitrogens with one attached hydrogen (secondary N) is 1. The number of carboxylic acid groups (broad SMARTS) is 2. The molecule has 7 nitrogen and oxygen atoms in total. The zero-order valence-electron chi connectivity index (χ0n) is 13.2. The Labute approximate surface area is 134 Å². The van der Waals surface area contributed by atoms with Gasteiger partial charge in [-0.15, -0.1) is 0 Å². The Morgan fingerprint density at radius 2 is 2.00 bits per heavy atom. The number of hydrogen-bond acceptors (Lipinski definition) is 4. The summed E-state index contributed by atoms with van der Waals surface area (Å²) in [5.74, 6) is -3.41. The van der Waals surface area contributed by atoms with Crippen molar-refractivity contribution in [2.24, 2.45) is 11.8 Å². The molecule has 0 bridgehead atoms. The van der Waals surface area contributed by atoms with E-state index in [1.54, 1.807) is 0 Å². The van der Waals surface area contributed by atoms with Crippen LogP contribution in [0, 0.1) is 11.8 Å². The maximum Gasteiger partial charge on any atom is 0.326 e. The van der Waals surface area contributed by atoms with Crippen molar-refractivity contribution in [1.82, 2.24) is 5.32 Å². The van der Waals surface area contributed by atoms with Crippen molar-refractivity contribution >= 4 is 23.6 Å². The van der Waals surface area contributed by atoms with E-state index < -0.39 is 30.3 Å². The van der Waals surface area contributed by atoms with E-state index in [2.05, 4.69) is 5.32 Å². The van der Waals surface area contributed by atoms with Crippen LogP contribution in [0.3, 0.4) is 0 Å². The van der Waals surface area contributed by atoms with Gasteiger partial charge in [0.05, 0.1) is 6.42 Å². The average Bonchev–Trinajstić information content (AvgIpc) is 2.79. The van der Waals surface area contributed by atoms with E-state index in [1.165, 1.54) is 0 Å². The average molecular weight is 325 g/mol. The maximum atomic E-state index is 12.0. The largest absolute Gasteiger partial charge is 0.481 e. The number of amides is 1. The van der Waals surface area contributed by atoms with E-state index in [0.29, 0.717) is 19.3 Å². The molecule has 0 saturated heterocycles. The van der Waals surface area contributed by atoms with Crippen LogP contribution in [0.2, 0.25) is 0 Å². The first kappa shape index (κ1) is 18.9. The Hall–Kier alpha value is -2.18. The van der Waals surface area contributed by atoms with Gasteiger partial charge >= 0.3 is 11.9 Å². The third kappa shape index (κ3) is 6.22. The molecule has 0 spiro atoms. The van der Waals surface area contributed by atoms with Crippen LogP contribution in [0.5, 0.6) is 0 Å². The van der Waals surface area contributed by atoms with Crippen LogP contribution < -0.4 is 5.32 Å². The molecule has 7 heteroatoms. The van der Waals surface area contributed by atoms with Gasteiger partial charge in [0.25, 0.3) is 0 Å². The summed E-state index contributed by atoms with van der Waals surface area (Å²) in [5, 5.41) is 19.8. The SMILES string of the molecule is CC/C=C\C[C@@H]1C(=O)CC[C@H]1CC(=O)N[C@@H](CC(=O)O)C(=O)O. The lowest BCUT2D eigenvalue weighted by molar-refractivity contribution is -0.147. The van der Waals surface area contributed by atoms with Crippen molar-refractivity contribution in [1.29, 1.82) is 0 Å². The van der Waals surface area contributed by atoms with Gasteiger partial charge in [-0.2, -0.15) is 0 Å². The second kappa shape index (κ2) is 9.07. The van der Waals surface area contributed by atoms with Crippen LogP contribution >= 0.6 is 0 Å². The summed E-state index contributed by atoms with van der Waals surface area (Å²) in [7, 11) is 0. The molecular formula is C16H23NO6. The monoisotopic (exact) mass is 325 g/mol. The zero-order valence-corrected chi connectivity index (χ0v) is 13.2. The third-order valence-corrected chi connectivity index (χ3v) is 4.00. The van der Waals surface area contributed by atoms with Gasteiger partial charge in [0.1, 0.15) is 11.8 Å². The summed E-state index contributed by atoms with van der Waals surface area (Å²) in [6.45, 7) is 1.99. The molecule has 1 saturated carbocycles. The molecule has 0 unspecified atom stereocenters. The Bertz CT molecular complexity index is 499. The van der Waals surface area contributed by atoms with E-state index in [1.807, 2.05) is 19.1 Å². The van der Waals surface area contributed by atoms with Crippen LogP contribution in [0.25, 0.3) is 0 Å². The molecule has 0 aromatic rings. The molecule has 128 valence electrons. The molecule has 0 aliphatic heterocycles. The number of rotatable bonds is 9. The highest BCUT2D eigenvalue weighted by Crippen LogP contribution is 2.34. The van der Waals surface area contributed by atoms with Gasteiger partial charge in [0.2, 0.25) is 5.91 Å². The smallest absolute Gasteiger partial charge is 0.326 e. The third-order valence-electron chi connectivity index (χ3n) is 4.00.